The van der Waals surface area contributed by atoms with Gasteiger partial charge < -0.3 is 0 Å². The molecule has 0 spiro atoms. The Kier molecular flexibility index (Phi) is 8.09. The third kappa shape index (κ3) is 6.57. The summed E-state index contributed by atoms with van der Waals surface area (Å²) in [5, 5.41) is 17.6. The lowest BCUT2D eigenvalue weighted by Gasteiger charge is -2.07. The Morgan fingerprint density at radius 2 is 0.611 bits per heavy atom. The van der Waals surface area contributed by atoms with Crippen LogP contribution in [0.1, 0.15) is 44.5 Å². The van der Waals surface area contributed by atoms with Gasteiger partial charge in [0.25, 0.3) is 0 Å². The van der Waals surface area contributed by atoms with Crippen molar-refractivity contribution in [2.45, 2.75) is 27.7 Å². The smallest absolute Gasteiger partial charge is 0.100 e. The minimum Gasteiger partial charge on any atom is -0.157 e. The van der Waals surface area contributed by atoms with Gasteiger partial charge in [-0.2, -0.15) is 10.2 Å². The number of benzene rings is 4. The van der Waals surface area contributed by atoms with E-state index in [9.17, 15) is 0 Å². The van der Waals surface area contributed by atoms with Crippen molar-refractivity contribution in [1.82, 2.24) is 0 Å². The summed E-state index contributed by atoms with van der Waals surface area (Å²) in [6.45, 7) is 8.29. The zero-order valence-electron chi connectivity index (χ0n) is 21.2. The summed E-state index contributed by atoms with van der Waals surface area (Å²) >= 11 is 0. The average molecular weight is 471 g/mol. The van der Waals surface area contributed by atoms with E-state index >= 15 is 0 Å². The van der Waals surface area contributed by atoms with E-state index in [-0.39, 0.29) is 0 Å². The molecule has 0 saturated carbocycles. The second kappa shape index (κ2) is 11.8. The van der Waals surface area contributed by atoms with Crippen molar-refractivity contribution >= 4 is 23.9 Å². The number of rotatable bonds is 7. The molecule has 0 radical (unpaired) electrons. The van der Waals surface area contributed by atoms with Crippen molar-refractivity contribution in [3.63, 3.8) is 0 Å². The minimum absolute atomic E-state index is 0.808. The molecule has 178 valence electrons. The highest BCUT2D eigenvalue weighted by Gasteiger charge is 2.08. The number of aryl methyl sites for hydroxylation is 4. The summed E-state index contributed by atoms with van der Waals surface area (Å²) in [5.41, 5.74) is 10.5. The third-order valence-corrected chi connectivity index (χ3v) is 5.82. The van der Waals surface area contributed by atoms with Gasteiger partial charge in [0.2, 0.25) is 0 Å². The zero-order valence-corrected chi connectivity index (χ0v) is 21.2. The molecule has 0 aliphatic heterocycles. The van der Waals surface area contributed by atoms with E-state index in [4.69, 9.17) is 0 Å². The first-order chi connectivity index (χ1) is 17.5. The lowest BCUT2D eigenvalue weighted by atomic mass is 10.0. The van der Waals surface area contributed by atoms with Crippen LogP contribution in [0.2, 0.25) is 0 Å². The normalized spacial score (nSPS) is 11.1. The molecule has 0 amide bonds. The molecule has 4 aromatic carbocycles. The second-order valence-electron chi connectivity index (χ2n) is 8.89. The van der Waals surface area contributed by atoms with Crippen LogP contribution in [-0.2, 0) is 0 Å². The van der Waals surface area contributed by atoms with Crippen LogP contribution in [0.15, 0.2) is 117 Å². The first-order valence-electron chi connectivity index (χ1n) is 12.0. The highest BCUT2D eigenvalue weighted by atomic mass is 15.2. The monoisotopic (exact) mass is 470 g/mol. The first kappa shape index (κ1) is 24.7. The molecule has 36 heavy (non-hydrogen) atoms. The maximum atomic E-state index is 4.52. The van der Waals surface area contributed by atoms with E-state index in [1.54, 1.807) is 12.4 Å². The van der Waals surface area contributed by atoms with Gasteiger partial charge in [-0.1, -0.05) is 119 Å². The fourth-order valence-electron chi connectivity index (χ4n) is 3.65. The van der Waals surface area contributed by atoms with Crippen molar-refractivity contribution in [2.75, 3.05) is 0 Å². The van der Waals surface area contributed by atoms with Gasteiger partial charge in [0.15, 0.2) is 0 Å². The molecule has 4 aromatic rings. The van der Waals surface area contributed by atoms with Gasteiger partial charge in [0, 0.05) is 22.3 Å². The molecule has 4 heteroatoms. The van der Waals surface area contributed by atoms with E-state index in [0.29, 0.717) is 0 Å². The van der Waals surface area contributed by atoms with E-state index in [1.807, 2.05) is 0 Å². The molecule has 0 N–H and O–H groups in total. The molecular formula is C32H30N4. The summed E-state index contributed by atoms with van der Waals surface area (Å²) in [5.74, 6) is 0. The van der Waals surface area contributed by atoms with Crippen LogP contribution in [0.5, 0.6) is 0 Å². The molecule has 0 bridgehead atoms. The van der Waals surface area contributed by atoms with Crippen LogP contribution < -0.4 is 0 Å². The van der Waals surface area contributed by atoms with Crippen LogP contribution in [0.4, 0.5) is 0 Å². The van der Waals surface area contributed by atoms with Crippen LogP contribution in [0.25, 0.3) is 0 Å². The molecule has 0 unspecified atom stereocenters. The Hall–Kier alpha value is -4.44. The van der Waals surface area contributed by atoms with Gasteiger partial charge in [0.05, 0.1) is 12.4 Å². The molecule has 0 atom stereocenters. The Balaban J connectivity index is 1.61. The minimum atomic E-state index is 0.808. The van der Waals surface area contributed by atoms with Crippen LogP contribution in [-0.4, -0.2) is 23.9 Å². The molecule has 0 fully saturated rings. The zero-order chi connectivity index (χ0) is 25.3. The largest absolute Gasteiger partial charge is 0.157 e. The van der Waals surface area contributed by atoms with Crippen molar-refractivity contribution in [3.05, 3.63) is 142 Å². The summed E-state index contributed by atoms with van der Waals surface area (Å²) in [4.78, 5) is 0. The van der Waals surface area contributed by atoms with Crippen molar-refractivity contribution in [1.29, 1.82) is 0 Å². The van der Waals surface area contributed by atoms with Crippen molar-refractivity contribution < 1.29 is 0 Å². The van der Waals surface area contributed by atoms with Gasteiger partial charge in [-0.3, -0.25) is 0 Å². The second-order valence-corrected chi connectivity index (χ2v) is 8.89. The maximum Gasteiger partial charge on any atom is 0.100 e. The third-order valence-electron chi connectivity index (χ3n) is 5.82. The Morgan fingerprint density at radius 1 is 0.389 bits per heavy atom. The van der Waals surface area contributed by atoms with Gasteiger partial charge in [0.1, 0.15) is 11.4 Å². The fourth-order valence-corrected chi connectivity index (χ4v) is 3.65. The quantitative estimate of drug-likeness (QED) is 0.201. The number of hydrogen-bond acceptors (Lipinski definition) is 4. The van der Waals surface area contributed by atoms with Gasteiger partial charge in [-0.15, -0.1) is 10.2 Å². The summed E-state index contributed by atoms with van der Waals surface area (Å²) in [6, 6.07) is 33.2. The molecule has 0 heterocycles. The first-order valence-corrected chi connectivity index (χ1v) is 12.0. The van der Waals surface area contributed by atoms with Crippen molar-refractivity contribution in [2.24, 2.45) is 20.4 Å². The lowest BCUT2D eigenvalue weighted by molar-refractivity contribution is 1.23. The average Bonchev–Trinajstić information content (AvgIpc) is 2.89. The predicted molar refractivity (Wildman–Crippen MR) is 153 cm³/mol. The number of hydrogen-bond donors (Lipinski definition) is 0. The summed E-state index contributed by atoms with van der Waals surface area (Å²) in [6.07, 6.45) is 3.13. The molecule has 0 aliphatic carbocycles. The van der Waals surface area contributed by atoms with Crippen molar-refractivity contribution in [3.8, 4) is 0 Å². The van der Waals surface area contributed by atoms with Gasteiger partial charge >= 0.3 is 0 Å². The predicted octanol–water partition coefficient (Wildman–Crippen LogP) is 7.27. The summed E-state index contributed by atoms with van der Waals surface area (Å²) < 4.78 is 0. The molecule has 4 rings (SSSR count). The van der Waals surface area contributed by atoms with Gasteiger partial charge in [-0.05, 0) is 27.7 Å². The SMILES string of the molecule is Cc1ccc(C(=N/N=C/C=N/N=C(c2ccc(C)cc2)c2ccc(C)cc2)c2ccc(C)cc2)cc1. The van der Waals surface area contributed by atoms with E-state index in [2.05, 4.69) is 145 Å². The highest BCUT2D eigenvalue weighted by Crippen LogP contribution is 2.15. The van der Waals surface area contributed by atoms with Crippen LogP contribution in [0.3, 0.4) is 0 Å². The van der Waals surface area contributed by atoms with E-state index < -0.39 is 0 Å². The Morgan fingerprint density at radius 3 is 0.833 bits per heavy atom. The van der Waals surface area contributed by atoms with E-state index in [0.717, 1.165) is 33.7 Å². The molecule has 0 saturated heterocycles. The number of nitrogens with zero attached hydrogens (tertiary/aromatic N) is 4. The molecule has 4 nitrogen and oxygen atoms in total. The van der Waals surface area contributed by atoms with E-state index in [1.165, 1.54) is 22.3 Å². The van der Waals surface area contributed by atoms with Crippen LogP contribution in [0, 0.1) is 27.7 Å². The Labute approximate surface area is 213 Å². The molecular weight excluding hydrogens is 440 g/mol. The fraction of sp³-hybridized carbons (Fsp3) is 0.125. The summed E-state index contributed by atoms with van der Waals surface area (Å²) in [7, 11) is 0. The van der Waals surface area contributed by atoms with Gasteiger partial charge in [-0.25, -0.2) is 0 Å². The molecule has 0 aromatic heterocycles. The maximum absolute atomic E-state index is 4.52. The topological polar surface area (TPSA) is 49.4 Å². The lowest BCUT2D eigenvalue weighted by Crippen LogP contribution is -2.03. The van der Waals surface area contributed by atoms with Crippen LogP contribution >= 0.6 is 0 Å². The Bertz CT molecular complexity index is 1200. The highest BCUT2D eigenvalue weighted by molar-refractivity contribution is 6.18. The molecule has 0 aliphatic rings. The standard InChI is InChI=1S/C32H30N4/c1-23-5-13-27(14-6-23)31(28-15-7-24(2)8-16-28)35-33-21-22-34-36-32(29-17-9-25(3)10-18-29)30-19-11-26(4)12-20-30/h5-22H,1-4H3/b33-21+,34-22+.